The minimum absolute atomic E-state index is 0.0312. The number of nitrogens with one attached hydrogen (secondary N) is 1. The van der Waals surface area contributed by atoms with Crippen molar-refractivity contribution in [2.75, 3.05) is 48.0 Å². The SMILES string of the molecule is O=C(Nc1cnn(-c2ncc(N3CCSCC3)cn2)c1)[C@@H]1CCOC1. The molecule has 4 heterocycles. The summed E-state index contributed by atoms with van der Waals surface area (Å²) in [5.74, 6) is 2.64. The quantitative estimate of drug-likeness (QED) is 0.876. The molecule has 2 aromatic heterocycles. The minimum Gasteiger partial charge on any atom is -0.381 e. The summed E-state index contributed by atoms with van der Waals surface area (Å²) in [7, 11) is 0. The maximum absolute atomic E-state index is 12.1. The molecule has 1 N–H and O–H groups in total. The highest BCUT2D eigenvalue weighted by atomic mass is 32.2. The van der Waals surface area contributed by atoms with E-state index in [0.29, 0.717) is 24.8 Å². The number of hydrogen-bond donors (Lipinski definition) is 1. The van der Waals surface area contributed by atoms with Gasteiger partial charge in [-0.15, -0.1) is 0 Å². The van der Waals surface area contributed by atoms with E-state index in [1.165, 1.54) is 0 Å². The molecular formula is C16H20N6O2S. The van der Waals surface area contributed by atoms with Crippen molar-refractivity contribution in [2.45, 2.75) is 6.42 Å². The van der Waals surface area contributed by atoms with Crippen LogP contribution in [0.1, 0.15) is 6.42 Å². The fourth-order valence-corrected chi connectivity index (χ4v) is 3.80. The van der Waals surface area contributed by atoms with Crippen LogP contribution in [0.2, 0.25) is 0 Å². The Morgan fingerprint density at radius 3 is 2.76 bits per heavy atom. The van der Waals surface area contributed by atoms with Gasteiger partial charge in [0.05, 0.1) is 48.7 Å². The molecule has 0 unspecified atom stereocenters. The van der Waals surface area contributed by atoms with Crippen LogP contribution in [0.3, 0.4) is 0 Å². The third-order valence-electron chi connectivity index (χ3n) is 4.36. The fraction of sp³-hybridized carbons (Fsp3) is 0.500. The number of amides is 1. The molecule has 2 aliphatic rings. The summed E-state index contributed by atoms with van der Waals surface area (Å²) >= 11 is 1.97. The van der Waals surface area contributed by atoms with Crippen molar-refractivity contribution in [2.24, 2.45) is 5.92 Å². The number of carbonyl (C=O) groups excluding carboxylic acids is 1. The van der Waals surface area contributed by atoms with Crippen LogP contribution in [0.25, 0.3) is 5.95 Å². The standard InChI is InChI=1S/C16H20N6O2S/c23-15(12-1-4-24-11-12)20-13-7-19-22(10-13)16-17-8-14(9-18-16)21-2-5-25-6-3-21/h7-10,12H,1-6,11H2,(H,20,23)/t12-/m1/s1. The van der Waals surface area contributed by atoms with Gasteiger partial charge in [0.2, 0.25) is 5.91 Å². The monoisotopic (exact) mass is 360 g/mol. The molecule has 1 amide bonds. The highest BCUT2D eigenvalue weighted by Gasteiger charge is 2.23. The van der Waals surface area contributed by atoms with Gasteiger partial charge in [0.25, 0.3) is 5.95 Å². The van der Waals surface area contributed by atoms with Crippen LogP contribution in [0, 0.1) is 5.92 Å². The summed E-state index contributed by atoms with van der Waals surface area (Å²) in [5, 5.41) is 7.11. The van der Waals surface area contributed by atoms with E-state index in [9.17, 15) is 4.79 Å². The van der Waals surface area contributed by atoms with Gasteiger partial charge >= 0.3 is 0 Å². The molecular weight excluding hydrogens is 340 g/mol. The highest BCUT2D eigenvalue weighted by molar-refractivity contribution is 7.99. The molecule has 1 atom stereocenters. The zero-order valence-corrected chi connectivity index (χ0v) is 14.6. The molecule has 2 saturated heterocycles. The maximum Gasteiger partial charge on any atom is 0.250 e. The second kappa shape index (κ2) is 7.40. The first-order chi connectivity index (χ1) is 12.3. The summed E-state index contributed by atoms with van der Waals surface area (Å²) in [6, 6.07) is 0. The first kappa shape index (κ1) is 16.3. The molecule has 9 heteroatoms. The molecule has 25 heavy (non-hydrogen) atoms. The third kappa shape index (κ3) is 3.77. The van der Waals surface area contributed by atoms with Gasteiger partial charge in [0, 0.05) is 31.2 Å². The van der Waals surface area contributed by atoms with Crippen molar-refractivity contribution in [1.29, 1.82) is 0 Å². The van der Waals surface area contributed by atoms with Gasteiger partial charge in [0.15, 0.2) is 0 Å². The number of nitrogens with zero attached hydrogens (tertiary/aromatic N) is 5. The zero-order valence-electron chi connectivity index (χ0n) is 13.8. The van der Waals surface area contributed by atoms with E-state index in [-0.39, 0.29) is 11.8 Å². The number of hydrogen-bond acceptors (Lipinski definition) is 7. The van der Waals surface area contributed by atoms with E-state index in [0.717, 1.165) is 36.7 Å². The molecule has 0 radical (unpaired) electrons. The number of ether oxygens (including phenoxy) is 1. The lowest BCUT2D eigenvalue weighted by Gasteiger charge is -2.27. The van der Waals surface area contributed by atoms with Crippen LogP contribution in [0.4, 0.5) is 11.4 Å². The number of aromatic nitrogens is 4. The Kier molecular flexibility index (Phi) is 4.84. The van der Waals surface area contributed by atoms with Crippen LogP contribution in [0.15, 0.2) is 24.8 Å². The van der Waals surface area contributed by atoms with E-state index < -0.39 is 0 Å². The molecule has 0 aliphatic carbocycles. The molecule has 0 saturated carbocycles. The summed E-state index contributed by atoms with van der Waals surface area (Å²) in [6.07, 6.45) is 7.74. The lowest BCUT2D eigenvalue weighted by atomic mass is 10.1. The molecule has 2 aliphatic heterocycles. The highest BCUT2D eigenvalue weighted by Crippen LogP contribution is 2.19. The number of thioether (sulfide) groups is 1. The van der Waals surface area contributed by atoms with Crippen LogP contribution in [0.5, 0.6) is 0 Å². The van der Waals surface area contributed by atoms with Gasteiger partial charge in [-0.3, -0.25) is 4.79 Å². The molecule has 2 aromatic rings. The van der Waals surface area contributed by atoms with Crippen molar-refractivity contribution >= 4 is 29.0 Å². The van der Waals surface area contributed by atoms with Gasteiger partial charge in [-0.05, 0) is 6.42 Å². The zero-order chi connectivity index (χ0) is 17.1. The number of anilines is 2. The normalized spacial score (nSPS) is 20.6. The third-order valence-corrected chi connectivity index (χ3v) is 5.30. The Hall–Kier alpha value is -2.13. The van der Waals surface area contributed by atoms with Crippen molar-refractivity contribution in [3.8, 4) is 5.95 Å². The van der Waals surface area contributed by atoms with Gasteiger partial charge in [0.1, 0.15) is 0 Å². The van der Waals surface area contributed by atoms with Gasteiger partial charge in [-0.1, -0.05) is 0 Å². The molecule has 132 valence electrons. The fourth-order valence-electron chi connectivity index (χ4n) is 2.90. The van der Waals surface area contributed by atoms with Crippen molar-refractivity contribution in [3.63, 3.8) is 0 Å². The Bertz CT molecular complexity index is 722. The molecule has 2 fully saturated rings. The van der Waals surface area contributed by atoms with Crippen LogP contribution in [-0.4, -0.2) is 63.5 Å². The predicted octanol–water partition coefficient (Wildman–Crippen LogP) is 1.19. The molecule has 8 nitrogen and oxygen atoms in total. The molecule has 0 spiro atoms. The van der Waals surface area contributed by atoms with Crippen molar-refractivity contribution < 1.29 is 9.53 Å². The van der Waals surface area contributed by atoms with Gasteiger partial charge < -0.3 is 15.0 Å². The molecule has 0 aromatic carbocycles. The second-order valence-electron chi connectivity index (χ2n) is 6.06. The van der Waals surface area contributed by atoms with Crippen LogP contribution < -0.4 is 10.2 Å². The average Bonchev–Trinajstić information content (AvgIpc) is 3.35. The van der Waals surface area contributed by atoms with Gasteiger partial charge in [-0.2, -0.15) is 16.9 Å². The maximum atomic E-state index is 12.1. The van der Waals surface area contributed by atoms with Crippen molar-refractivity contribution in [1.82, 2.24) is 19.7 Å². The summed E-state index contributed by atoms with van der Waals surface area (Å²) in [6.45, 7) is 3.18. The van der Waals surface area contributed by atoms with E-state index in [1.807, 2.05) is 24.2 Å². The molecule has 4 rings (SSSR count). The largest absolute Gasteiger partial charge is 0.381 e. The topological polar surface area (TPSA) is 85.2 Å². The second-order valence-corrected chi connectivity index (χ2v) is 7.29. The first-order valence-electron chi connectivity index (χ1n) is 8.38. The summed E-state index contributed by atoms with van der Waals surface area (Å²) in [4.78, 5) is 23.2. The Balaban J connectivity index is 1.41. The Morgan fingerprint density at radius 2 is 2.04 bits per heavy atom. The van der Waals surface area contributed by atoms with E-state index in [2.05, 4.69) is 25.3 Å². The average molecular weight is 360 g/mol. The number of carbonyl (C=O) groups is 1. The van der Waals surface area contributed by atoms with E-state index in [1.54, 1.807) is 17.1 Å². The minimum atomic E-state index is -0.0819. The van der Waals surface area contributed by atoms with Gasteiger partial charge in [-0.25, -0.2) is 14.6 Å². The van der Waals surface area contributed by atoms with Crippen molar-refractivity contribution in [3.05, 3.63) is 24.8 Å². The van der Waals surface area contributed by atoms with E-state index in [4.69, 9.17) is 4.74 Å². The van der Waals surface area contributed by atoms with Crippen LogP contribution in [-0.2, 0) is 9.53 Å². The Morgan fingerprint density at radius 1 is 1.24 bits per heavy atom. The lowest BCUT2D eigenvalue weighted by Crippen LogP contribution is -2.32. The number of rotatable bonds is 4. The summed E-state index contributed by atoms with van der Waals surface area (Å²) in [5.41, 5.74) is 1.67. The van der Waals surface area contributed by atoms with E-state index >= 15 is 0 Å². The first-order valence-corrected chi connectivity index (χ1v) is 9.53. The summed E-state index contributed by atoms with van der Waals surface area (Å²) < 4.78 is 6.81. The predicted molar refractivity (Wildman–Crippen MR) is 96.2 cm³/mol. The molecule has 0 bridgehead atoms. The lowest BCUT2D eigenvalue weighted by molar-refractivity contribution is -0.119. The van der Waals surface area contributed by atoms with Crippen LogP contribution >= 0.6 is 11.8 Å². The smallest absolute Gasteiger partial charge is 0.250 e. The Labute approximate surface area is 150 Å².